The average molecular weight is 330 g/mol. The van der Waals surface area contributed by atoms with Gasteiger partial charge in [0.25, 0.3) is 0 Å². The molecule has 3 aliphatic rings. The Labute approximate surface area is 136 Å². The van der Waals surface area contributed by atoms with E-state index in [1.54, 1.807) is 7.11 Å². The minimum absolute atomic E-state index is 0.0629. The van der Waals surface area contributed by atoms with Gasteiger partial charge in [-0.25, -0.2) is 13.6 Å². The van der Waals surface area contributed by atoms with E-state index < -0.39 is 5.92 Å². The molecule has 23 heavy (non-hydrogen) atoms. The molecule has 3 atom stereocenters. The van der Waals surface area contributed by atoms with Crippen molar-refractivity contribution in [3.8, 4) is 0 Å². The number of rotatable bonds is 4. The Hall–Kier alpha value is -0.910. The van der Waals surface area contributed by atoms with Gasteiger partial charge in [0.2, 0.25) is 5.92 Å². The SMILES string of the molecule is COC1CC(NC(=O)NC(C)C2CCC(F)(F)CC2)C12CCC2. The van der Waals surface area contributed by atoms with Crippen molar-refractivity contribution in [1.29, 1.82) is 0 Å². The predicted octanol–water partition coefficient (Wildman–Crippen LogP) is 3.46. The van der Waals surface area contributed by atoms with Gasteiger partial charge in [0.15, 0.2) is 0 Å². The molecule has 0 aromatic heterocycles. The van der Waals surface area contributed by atoms with Crippen molar-refractivity contribution in [3.05, 3.63) is 0 Å². The molecule has 4 nitrogen and oxygen atoms in total. The number of ether oxygens (including phenoxy) is 1. The van der Waals surface area contributed by atoms with Gasteiger partial charge in [-0.2, -0.15) is 0 Å². The second kappa shape index (κ2) is 6.19. The van der Waals surface area contributed by atoms with E-state index in [-0.39, 0.29) is 48.4 Å². The molecule has 6 heteroatoms. The molecule has 3 fully saturated rings. The summed E-state index contributed by atoms with van der Waals surface area (Å²) in [6.07, 6.45) is 5.40. The first-order valence-corrected chi connectivity index (χ1v) is 8.84. The Morgan fingerprint density at radius 3 is 2.39 bits per heavy atom. The number of carbonyl (C=O) groups is 1. The number of hydrogen-bond acceptors (Lipinski definition) is 2. The lowest BCUT2D eigenvalue weighted by Crippen LogP contribution is -2.68. The summed E-state index contributed by atoms with van der Waals surface area (Å²) >= 11 is 0. The Morgan fingerprint density at radius 2 is 1.87 bits per heavy atom. The van der Waals surface area contributed by atoms with E-state index in [0.29, 0.717) is 12.8 Å². The van der Waals surface area contributed by atoms with Crippen LogP contribution in [0.4, 0.5) is 13.6 Å². The van der Waals surface area contributed by atoms with Crippen LogP contribution >= 0.6 is 0 Å². The van der Waals surface area contributed by atoms with Crippen molar-refractivity contribution in [1.82, 2.24) is 10.6 Å². The third-order valence-corrected chi connectivity index (χ3v) is 6.49. The Morgan fingerprint density at radius 1 is 1.22 bits per heavy atom. The van der Waals surface area contributed by atoms with Crippen molar-refractivity contribution in [2.75, 3.05) is 7.11 Å². The maximum atomic E-state index is 13.2. The summed E-state index contributed by atoms with van der Waals surface area (Å²) in [5.74, 6) is -2.37. The number of amides is 2. The first-order valence-electron chi connectivity index (χ1n) is 8.84. The van der Waals surface area contributed by atoms with Gasteiger partial charge in [-0.3, -0.25) is 0 Å². The average Bonchev–Trinajstić information content (AvgIpc) is 2.41. The predicted molar refractivity (Wildman–Crippen MR) is 83.5 cm³/mol. The topological polar surface area (TPSA) is 50.4 Å². The lowest BCUT2D eigenvalue weighted by atomic mass is 9.51. The molecule has 0 saturated heterocycles. The van der Waals surface area contributed by atoms with E-state index >= 15 is 0 Å². The van der Waals surface area contributed by atoms with E-state index in [0.717, 1.165) is 19.3 Å². The summed E-state index contributed by atoms with van der Waals surface area (Å²) in [5, 5.41) is 6.04. The van der Waals surface area contributed by atoms with Gasteiger partial charge >= 0.3 is 6.03 Å². The number of urea groups is 1. The highest BCUT2D eigenvalue weighted by molar-refractivity contribution is 5.75. The highest BCUT2D eigenvalue weighted by Gasteiger charge is 2.59. The molecule has 0 aromatic carbocycles. The maximum Gasteiger partial charge on any atom is 0.315 e. The van der Waals surface area contributed by atoms with Gasteiger partial charge in [-0.1, -0.05) is 6.42 Å². The first kappa shape index (κ1) is 16.9. The van der Waals surface area contributed by atoms with Crippen LogP contribution in [0.15, 0.2) is 0 Å². The van der Waals surface area contributed by atoms with Gasteiger partial charge in [-0.15, -0.1) is 0 Å². The fraction of sp³-hybridized carbons (Fsp3) is 0.941. The fourth-order valence-corrected chi connectivity index (χ4v) is 4.62. The molecule has 2 amide bonds. The normalized spacial score (nSPS) is 33.4. The second-order valence-corrected chi connectivity index (χ2v) is 7.70. The Balaban J connectivity index is 1.45. The van der Waals surface area contributed by atoms with Crippen LogP contribution in [-0.2, 0) is 4.74 Å². The van der Waals surface area contributed by atoms with Crippen LogP contribution in [0.25, 0.3) is 0 Å². The molecule has 3 rings (SSSR count). The quantitative estimate of drug-likeness (QED) is 0.829. The summed E-state index contributed by atoms with van der Waals surface area (Å²) in [6, 6.07) is -0.0495. The number of nitrogens with one attached hydrogen (secondary N) is 2. The van der Waals surface area contributed by atoms with Crippen molar-refractivity contribution >= 4 is 6.03 Å². The minimum atomic E-state index is -2.52. The first-order chi connectivity index (χ1) is 10.9. The van der Waals surface area contributed by atoms with Gasteiger partial charge in [0.1, 0.15) is 0 Å². The largest absolute Gasteiger partial charge is 0.381 e. The molecule has 132 valence electrons. The number of alkyl halides is 2. The highest BCUT2D eigenvalue weighted by Crippen LogP contribution is 2.57. The van der Waals surface area contributed by atoms with Crippen molar-refractivity contribution < 1.29 is 18.3 Å². The van der Waals surface area contributed by atoms with Crippen molar-refractivity contribution in [2.24, 2.45) is 11.3 Å². The second-order valence-electron chi connectivity index (χ2n) is 7.70. The number of methoxy groups -OCH3 is 1. The standard InChI is InChI=1S/C17H28F2N2O2/c1-11(12-4-8-17(18,19)9-5-12)20-15(22)21-13-10-14(23-2)16(13)6-3-7-16/h11-14H,3-10H2,1-2H3,(H2,20,21,22). The van der Waals surface area contributed by atoms with Crippen LogP contribution in [-0.4, -0.2) is 37.3 Å². The smallest absolute Gasteiger partial charge is 0.315 e. The molecule has 3 saturated carbocycles. The summed E-state index contributed by atoms with van der Waals surface area (Å²) in [5.41, 5.74) is 0.141. The van der Waals surface area contributed by atoms with Crippen LogP contribution in [0.5, 0.6) is 0 Å². The number of halogens is 2. The van der Waals surface area contributed by atoms with Crippen LogP contribution < -0.4 is 10.6 Å². The molecule has 2 N–H and O–H groups in total. The van der Waals surface area contributed by atoms with Gasteiger partial charge < -0.3 is 15.4 Å². The van der Waals surface area contributed by atoms with E-state index in [2.05, 4.69) is 10.6 Å². The highest BCUT2D eigenvalue weighted by atomic mass is 19.3. The van der Waals surface area contributed by atoms with Gasteiger partial charge in [0.05, 0.1) is 6.10 Å². The summed E-state index contributed by atoms with van der Waals surface area (Å²) in [6.45, 7) is 1.92. The van der Waals surface area contributed by atoms with Crippen LogP contribution in [0.2, 0.25) is 0 Å². The molecule has 0 heterocycles. The van der Waals surface area contributed by atoms with E-state index in [1.807, 2.05) is 6.92 Å². The fourth-order valence-electron chi connectivity index (χ4n) is 4.62. The lowest BCUT2D eigenvalue weighted by molar-refractivity contribution is -0.158. The van der Waals surface area contributed by atoms with Crippen LogP contribution in [0, 0.1) is 11.3 Å². The van der Waals surface area contributed by atoms with Gasteiger partial charge in [-0.05, 0) is 44.9 Å². The summed E-state index contributed by atoms with van der Waals surface area (Å²) in [4.78, 5) is 12.2. The lowest BCUT2D eigenvalue weighted by Gasteiger charge is -2.60. The molecular weight excluding hydrogens is 302 g/mol. The van der Waals surface area contributed by atoms with Crippen LogP contribution in [0.3, 0.4) is 0 Å². The molecular formula is C17H28F2N2O2. The zero-order valence-electron chi connectivity index (χ0n) is 14.0. The Bertz CT molecular complexity index is 444. The molecule has 0 bridgehead atoms. The maximum absolute atomic E-state index is 13.2. The zero-order valence-corrected chi connectivity index (χ0v) is 14.0. The molecule has 3 aliphatic carbocycles. The van der Waals surface area contributed by atoms with Gasteiger partial charge in [0, 0.05) is 37.5 Å². The third-order valence-electron chi connectivity index (χ3n) is 6.49. The minimum Gasteiger partial charge on any atom is -0.381 e. The van der Waals surface area contributed by atoms with E-state index in [1.165, 1.54) is 6.42 Å². The molecule has 0 radical (unpaired) electrons. The molecule has 1 spiro atoms. The van der Waals surface area contributed by atoms with E-state index in [9.17, 15) is 13.6 Å². The summed E-state index contributed by atoms with van der Waals surface area (Å²) in [7, 11) is 1.74. The third kappa shape index (κ3) is 3.19. The van der Waals surface area contributed by atoms with Crippen molar-refractivity contribution in [2.45, 2.75) is 82.4 Å². The molecule has 0 aliphatic heterocycles. The van der Waals surface area contributed by atoms with Crippen molar-refractivity contribution in [3.63, 3.8) is 0 Å². The Kier molecular flexibility index (Phi) is 4.55. The zero-order chi connectivity index (χ0) is 16.7. The monoisotopic (exact) mass is 330 g/mol. The summed E-state index contributed by atoms with van der Waals surface area (Å²) < 4.78 is 31.9. The van der Waals surface area contributed by atoms with Crippen LogP contribution in [0.1, 0.15) is 58.3 Å². The molecule has 0 aromatic rings. The molecule has 3 unspecified atom stereocenters. The number of carbonyl (C=O) groups excluding carboxylic acids is 1. The van der Waals surface area contributed by atoms with E-state index in [4.69, 9.17) is 4.74 Å². The number of hydrogen-bond donors (Lipinski definition) is 2.